The van der Waals surface area contributed by atoms with Crippen LogP contribution in [-0.2, 0) is 14.9 Å². The zero-order valence-corrected chi connectivity index (χ0v) is 13.0. The quantitative estimate of drug-likeness (QED) is 0.411. The Kier molecular flexibility index (Phi) is 6.35. The number of rotatable bonds is 7. The molecule has 0 saturated carbocycles. The topological polar surface area (TPSA) is 64.0 Å². The lowest BCUT2D eigenvalue weighted by Crippen LogP contribution is -2.34. The number of hydrogen-bond acceptors (Lipinski definition) is 3. The fraction of sp³-hybridized carbons (Fsp3) is 0.900. The van der Waals surface area contributed by atoms with Gasteiger partial charge >= 0.3 is 15.6 Å². The molecule has 0 fully saturated rings. The predicted molar refractivity (Wildman–Crippen MR) is 71.0 cm³/mol. The lowest BCUT2D eigenvalue weighted by Gasteiger charge is -2.31. The molecule has 0 unspecified atom stereocenters. The predicted octanol–water partition coefficient (Wildman–Crippen LogP) is 2.91. The van der Waals surface area contributed by atoms with Crippen LogP contribution in [0.4, 0.5) is 13.2 Å². The summed E-state index contributed by atoms with van der Waals surface area (Å²) in [6.45, 7) is 6.36. The van der Waals surface area contributed by atoms with Crippen LogP contribution in [-0.4, -0.2) is 40.6 Å². The van der Waals surface area contributed by atoms with Crippen molar-refractivity contribution in [2.24, 2.45) is 5.92 Å². The smallest absolute Gasteiger partial charge is 0.298 e. The van der Waals surface area contributed by atoms with Crippen LogP contribution in [0.15, 0.2) is 0 Å². The normalized spacial score (nSPS) is 14.7. The molecule has 0 aliphatic rings. The van der Waals surface area contributed by atoms with Gasteiger partial charge in [0, 0.05) is 17.4 Å². The van der Waals surface area contributed by atoms with E-state index >= 15 is 0 Å². The molecular weight excluding hydrogens is 305 g/mol. The highest BCUT2D eigenvalue weighted by molar-refractivity contribution is 8.32. The van der Waals surface area contributed by atoms with Crippen molar-refractivity contribution < 1.29 is 30.0 Å². The Balaban J connectivity index is 5.29. The Labute approximate surface area is 113 Å². The lowest BCUT2D eigenvalue weighted by molar-refractivity contribution is -0.119. The van der Waals surface area contributed by atoms with E-state index in [1.165, 1.54) is 0 Å². The van der Waals surface area contributed by atoms with Crippen molar-refractivity contribution in [3.63, 3.8) is 0 Å². The van der Waals surface area contributed by atoms with Gasteiger partial charge in [0.2, 0.25) is 0 Å². The highest BCUT2D eigenvalue weighted by Crippen LogP contribution is 2.49. The summed E-state index contributed by atoms with van der Waals surface area (Å²) in [5.41, 5.74) is -5.41. The first-order chi connectivity index (χ1) is 8.41. The van der Waals surface area contributed by atoms with Gasteiger partial charge in [0.05, 0.1) is 5.75 Å². The molecule has 1 N–H and O–H groups in total. The first-order valence-corrected chi connectivity index (χ1v) is 9.29. The number of halogens is 3. The maximum absolute atomic E-state index is 12.4. The fourth-order valence-corrected chi connectivity index (χ4v) is 5.96. The summed E-state index contributed by atoms with van der Waals surface area (Å²) in [5, 5.41) is 0. The van der Waals surface area contributed by atoms with Crippen molar-refractivity contribution in [3.8, 4) is 0 Å². The molecule has 4 nitrogen and oxygen atoms in total. The molecule has 0 aromatic heterocycles. The molecule has 116 valence electrons. The molecule has 19 heavy (non-hydrogen) atoms. The van der Waals surface area contributed by atoms with E-state index in [-0.39, 0.29) is 29.0 Å². The van der Waals surface area contributed by atoms with E-state index in [4.69, 9.17) is 0 Å². The van der Waals surface area contributed by atoms with Crippen molar-refractivity contribution in [1.29, 1.82) is 0 Å². The van der Waals surface area contributed by atoms with E-state index in [0.717, 1.165) is 0 Å². The van der Waals surface area contributed by atoms with Crippen LogP contribution < -0.4 is 0 Å². The Hall–Kier alpha value is -0.280. The van der Waals surface area contributed by atoms with Gasteiger partial charge in [-0.25, -0.2) is 0 Å². The van der Waals surface area contributed by atoms with Crippen LogP contribution in [0, 0.1) is 5.92 Å². The minimum absolute atomic E-state index is 0.136. The Morgan fingerprint density at radius 1 is 1.16 bits per heavy atom. The van der Waals surface area contributed by atoms with Crippen molar-refractivity contribution >= 4 is 26.2 Å². The van der Waals surface area contributed by atoms with E-state index in [2.05, 4.69) is 3.63 Å². The number of alkyl halides is 3. The first kappa shape index (κ1) is 18.7. The van der Waals surface area contributed by atoms with E-state index in [9.17, 15) is 26.4 Å². The molecule has 0 rings (SSSR count). The van der Waals surface area contributed by atoms with Gasteiger partial charge in [-0.2, -0.15) is 13.2 Å². The monoisotopic (exact) mass is 325 g/mol. The van der Waals surface area contributed by atoms with Gasteiger partial charge in [0.15, 0.2) is 0 Å². The number of ketones is 1. The average Bonchev–Trinajstić information content (AvgIpc) is 2.25. The molecule has 0 aliphatic carbocycles. The van der Waals surface area contributed by atoms with Gasteiger partial charge in [-0.15, -0.1) is 8.42 Å². The largest absolute Gasteiger partial charge is 0.572 e. The highest BCUT2D eigenvalue weighted by Gasteiger charge is 2.56. The van der Waals surface area contributed by atoms with Crippen molar-refractivity contribution in [1.82, 2.24) is 0 Å². The first-order valence-electron chi connectivity index (χ1n) is 5.75. The standard InChI is InChI=1S/C10H19F3O4S2/c1-5-18(6-2,7-9(14)8(3)4)17-19(15,16)10(11,12)13/h8H,5-7H2,1-4H3/p+1. The van der Waals surface area contributed by atoms with E-state index in [1.54, 1.807) is 27.7 Å². The highest BCUT2D eigenvalue weighted by atomic mass is 32.3. The van der Waals surface area contributed by atoms with Crippen LogP contribution >= 0.6 is 10.3 Å². The third kappa shape index (κ3) is 4.96. The molecule has 0 aliphatic heterocycles. The average molecular weight is 325 g/mol. The molecule has 0 spiro atoms. The summed E-state index contributed by atoms with van der Waals surface area (Å²) in [6.07, 6.45) is 0. The third-order valence-corrected chi connectivity index (χ3v) is 8.28. The molecule has 0 amide bonds. The molecule has 0 radical (unpaired) electrons. The van der Waals surface area contributed by atoms with E-state index in [1.807, 2.05) is 0 Å². The van der Waals surface area contributed by atoms with Crippen LogP contribution in [0.3, 0.4) is 0 Å². The number of carbonyl (C=O) groups is 1. The fourth-order valence-electron chi connectivity index (χ4n) is 1.22. The minimum Gasteiger partial charge on any atom is -0.298 e. The maximum atomic E-state index is 12.4. The summed E-state index contributed by atoms with van der Waals surface area (Å²) in [4.78, 5) is 11.7. The molecule has 0 saturated heterocycles. The summed E-state index contributed by atoms with van der Waals surface area (Å²) in [5.74, 6) is -0.560. The maximum Gasteiger partial charge on any atom is 0.572 e. The van der Waals surface area contributed by atoms with Gasteiger partial charge < -0.3 is 0 Å². The van der Waals surface area contributed by atoms with Gasteiger partial charge in [-0.3, -0.25) is 8.42 Å². The number of hydrogen-bond donors (Lipinski definition) is 0. The van der Waals surface area contributed by atoms with Crippen LogP contribution in [0.25, 0.3) is 0 Å². The SMILES string of the molecule is CCS(CC)(CC(=O)C(C)C)[OH+]S(=O)(=O)C(F)(F)F. The molecule has 0 atom stereocenters. The van der Waals surface area contributed by atoms with E-state index in [0.29, 0.717) is 0 Å². The second kappa shape index (κ2) is 6.45. The molecule has 0 aromatic rings. The van der Waals surface area contributed by atoms with Gasteiger partial charge in [-0.1, -0.05) is 27.7 Å². The van der Waals surface area contributed by atoms with Crippen LogP contribution in [0.2, 0.25) is 0 Å². The van der Waals surface area contributed by atoms with Crippen molar-refractivity contribution in [2.45, 2.75) is 33.2 Å². The summed E-state index contributed by atoms with van der Waals surface area (Å²) >= 11 is 0. The Morgan fingerprint density at radius 3 is 1.84 bits per heavy atom. The van der Waals surface area contributed by atoms with Crippen LogP contribution in [0.5, 0.6) is 0 Å². The van der Waals surface area contributed by atoms with E-state index < -0.39 is 25.9 Å². The molecule has 0 heterocycles. The second-order valence-electron chi connectivity index (χ2n) is 4.34. The second-order valence-corrected chi connectivity index (χ2v) is 9.79. The van der Waals surface area contributed by atoms with Crippen molar-refractivity contribution in [3.05, 3.63) is 0 Å². The summed E-state index contributed by atoms with van der Waals surface area (Å²) < 4.78 is 62.5. The number of Topliss-reactive ketones (excluding diaryl/α,β-unsaturated/α-hetero) is 1. The van der Waals surface area contributed by atoms with Gasteiger partial charge in [0.1, 0.15) is 5.78 Å². The van der Waals surface area contributed by atoms with Gasteiger partial charge in [-0.05, 0) is 10.3 Å². The third-order valence-electron chi connectivity index (χ3n) is 2.68. The lowest BCUT2D eigenvalue weighted by atomic mass is 10.1. The van der Waals surface area contributed by atoms with Crippen LogP contribution in [0.1, 0.15) is 27.7 Å². The Bertz CT molecular complexity index is 411. The molecular formula is C10H20F3O4S2+. The zero-order valence-electron chi connectivity index (χ0n) is 11.3. The summed E-state index contributed by atoms with van der Waals surface area (Å²) in [7, 11) is -8.03. The number of carbonyl (C=O) groups excluding carboxylic acids is 1. The molecule has 0 bridgehead atoms. The minimum atomic E-state index is -5.54. The molecule has 0 aromatic carbocycles. The Morgan fingerprint density at radius 2 is 1.58 bits per heavy atom. The molecule has 9 heteroatoms. The summed E-state index contributed by atoms with van der Waals surface area (Å²) in [6, 6.07) is 0. The zero-order chi connectivity index (χ0) is 15.5. The van der Waals surface area contributed by atoms with Crippen molar-refractivity contribution in [2.75, 3.05) is 17.3 Å². The van der Waals surface area contributed by atoms with Gasteiger partial charge in [0.25, 0.3) is 0 Å².